The first-order valence-electron chi connectivity index (χ1n) is 7.70. The molecule has 0 unspecified atom stereocenters. The van der Waals surface area contributed by atoms with Gasteiger partial charge in [-0.1, -0.05) is 13.8 Å². The number of aromatic nitrogens is 2. The van der Waals surface area contributed by atoms with E-state index in [1.165, 1.54) is 22.8 Å². The smallest absolute Gasteiger partial charge is 0.335 e. The van der Waals surface area contributed by atoms with E-state index in [0.717, 1.165) is 19.6 Å². The van der Waals surface area contributed by atoms with Crippen molar-refractivity contribution in [3.05, 3.63) is 44.6 Å². The number of carboxylic acid groups (broad SMARTS) is 1. The molecule has 0 atom stereocenters. The molecule has 1 aromatic carbocycles. The summed E-state index contributed by atoms with van der Waals surface area (Å²) < 4.78 is 1.17. The lowest BCUT2D eigenvalue weighted by atomic mass is 10.1. The Kier molecular flexibility index (Phi) is 5.33. The van der Waals surface area contributed by atoms with Crippen molar-refractivity contribution >= 4 is 16.9 Å². The van der Waals surface area contributed by atoms with Gasteiger partial charge in [-0.2, -0.15) is 0 Å². The molecule has 0 saturated carbocycles. The van der Waals surface area contributed by atoms with Crippen molar-refractivity contribution in [3.63, 3.8) is 0 Å². The summed E-state index contributed by atoms with van der Waals surface area (Å²) in [5.41, 5.74) is -0.614. The van der Waals surface area contributed by atoms with E-state index < -0.39 is 11.7 Å². The maximum Gasteiger partial charge on any atom is 0.335 e. The Bertz CT molecular complexity index is 818. The zero-order chi connectivity index (χ0) is 17.0. The molecule has 0 saturated heterocycles. The van der Waals surface area contributed by atoms with E-state index in [1.54, 1.807) is 0 Å². The van der Waals surface area contributed by atoms with E-state index in [4.69, 9.17) is 5.11 Å². The van der Waals surface area contributed by atoms with Gasteiger partial charge in [-0.3, -0.25) is 9.36 Å². The van der Waals surface area contributed by atoms with Gasteiger partial charge in [0.25, 0.3) is 5.56 Å². The Balaban J connectivity index is 2.31. The van der Waals surface area contributed by atoms with Crippen molar-refractivity contribution in [2.24, 2.45) is 0 Å². The second kappa shape index (κ2) is 7.23. The van der Waals surface area contributed by atoms with Crippen LogP contribution in [0, 0.1) is 0 Å². The first kappa shape index (κ1) is 17.0. The Hall–Kier alpha value is -2.41. The van der Waals surface area contributed by atoms with Crippen molar-refractivity contribution in [1.29, 1.82) is 0 Å². The first-order valence-corrected chi connectivity index (χ1v) is 7.70. The van der Waals surface area contributed by atoms with E-state index in [9.17, 15) is 14.4 Å². The van der Waals surface area contributed by atoms with Gasteiger partial charge in [-0.25, -0.2) is 9.59 Å². The van der Waals surface area contributed by atoms with Crippen LogP contribution in [0.4, 0.5) is 0 Å². The van der Waals surface area contributed by atoms with Gasteiger partial charge in [0.05, 0.1) is 16.5 Å². The quantitative estimate of drug-likeness (QED) is 0.797. The molecule has 0 radical (unpaired) electrons. The molecule has 0 aliphatic heterocycles. The standard InChI is InChI=1S/C16H21N3O4/c1-3-18(4-2)8-5-9-19-14(20)12-7-6-11(15(21)22)10-13(12)17-16(19)23/h6-7,10H,3-5,8-9H2,1-2H3,(H,17,23)(H,21,22). The van der Waals surface area contributed by atoms with Gasteiger partial charge in [-0.15, -0.1) is 0 Å². The molecule has 0 amide bonds. The van der Waals surface area contributed by atoms with Crippen molar-refractivity contribution < 1.29 is 9.90 Å². The lowest BCUT2D eigenvalue weighted by Crippen LogP contribution is -2.36. The lowest BCUT2D eigenvalue weighted by molar-refractivity contribution is 0.0697. The molecule has 2 N–H and O–H groups in total. The highest BCUT2D eigenvalue weighted by molar-refractivity contribution is 5.92. The Morgan fingerprint density at radius 1 is 1.26 bits per heavy atom. The topological polar surface area (TPSA) is 95.4 Å². The Labute approximate surface area is 133 Å². The number of aromatic amines is 1. The summed E-state index contributed by atoms with van der Waals surface area (Å²) in [7, 11) is 0. The van der Waals surface area contributed by atoms with Gasteiger partial charge in [-0.05, 0) is 44.3 Å². The van der Waals surface area contributed by atoms with Crippen LogP contribution >= 0.6 is 0 Å². The number of H-pyrrole nitrogens is 1. The molecule has 0 fully saturated rings. The van der Waals surface area contributed by atoms with Crippen LogP contribution in [-0.2, 0) is 6.54 Å². The average Bonchev–Trinajstić information content (AvgIpc) is 2.53. The number of hydrogen-bond acceptors (Lipinski definition) is 4. The fourth-order valence-electron chi connectivity index (χ4n) is 2.58. The predicted molar refractivity (Wildman–Crippen MR) is 88.2 cm³/mol. The largest absolute Gasteiger partial charge is 0.478 e. The van der Waals surface area contributed by atoms with E-state index in [0.29, 0.717) is 18.4 Å². The summed E-state index contributed by atoms with van der Waals surface area (Å²) in [6.45, 7) is 7.14. The molecule has 2 aromatic rings. The number of nitrogens with one attached hydrogen (secondary N) is 1. The minimum absolute atomic E-state index is 0.0341. The number of carboxylic acids is 1. The van der Waals surface area contributed by atoms with Gasteiger partial charge in [0.15, 0.2) is 0 Å². The highest BCUT2D eigenvalue weighted by Crippen LogP contribution is 2.09. The molecule has 0 aliphatic carbocycles. The third-order valence-electron chi connectivity index (χ3n) is 3.98. The van der Waals surface area contributed by atoms with Crippen LogP contribution in [0.2, 0.25) is 0 Å². The van der Waals surface area contributed by atoms with Gasteiger partial charge >= 0.3 is 11.7 Å². The summed E-state index contributed by atoms with van der Waals surface area (Å²) >= 11 is 0. The van der Waals surface area contributed by atoms with Crippen molar-refractivity contribution in [2.45, 2.75) is 26.8 Å². The minimum Gasteiger partial charge on any atom is -0.478 e. The number of hydrogen-bond donors (Lipinski definition) is 2. The SMILES string of the molecule is CCN(CC)CCCn1c(=O)[nH]c2cc(C(=O)O)ccc2c1=O. The Morgan fingerprint density at radius 3 is 2.57 bits per heavy atom. The second-order valence-electron chi connectivity index (χ2n) is 5.33. The van der Waals surface area contributed by atoms with Crippen molar-refractivity contribution in [3.8, 4) is 0 Å². The van der Waals surface area contributed by atoms with Crippen LogP contribution < -0.4 is 11.2 Å². The normalized spacial score (nSPS) is 11.3. The molecule has 124 valence electrons. The van der Waals surface area contributed by atoms with Crippen LogP contribution in [-0.4, -0.2) is 45.2 Å². The third-order valence-corrected chi connectivity index (χ3v) is 3.98. The molecule has 0 bridgehead atoms. The summed E-state index contributed by atoms with van der Waals surface area (Å²) in [6.07, 6.45) is 0.698. The van der Waals surface area contributed by atoms with Gasteiger partial charge in [0, 0.05) is 6.54 Å². The molecular formula is C16H21N3O4. The van der Waals surface area contributed by atoms with Crippen LogP contribution in [0.1, 0.15) is 30.6 Å². The summed E-state index contributed by atoms with van der Waals surface area (Å²) in [6, 6.07) is 4.11. The van der Waals surface area contributed by atoms with Crippen molar-refractivity contribution in [2.75, 3.05) is 19.6 Å². The number of aromatic carboxylic acids is 1. The molecule has 0 aliphatic rings. The molecule has 1 heterocycles. The van der Waals surface area contributed by atoms with Gasteiger partial charge in [0.2, 0.25) is 0 Å². The molecule has 1 aromatic heterocycles. The number of fused-ring (bicyclic) bond motifs is 1. The molecular weight excluding hydrogens is 298 g/mol. The number of nitrogens with zero attached hydrogens (tertiary/aromatic N) is 2. The van der Waals surface area contributed by atoms with E-state index in [2.05, 4.69) is 23.7 Å². The fourth-order valence-corrected chi connectivity index (χ4v) is 2.58. The van der Waals surface area contributed by atoms with Crippen LogP contribution in [0.3, 0.4) is 0 Å². The zero-order valence-electron chi connectivity index (χ0n) is 13.3. The zero-order valence-corrected chi connectivity index (χ0v) is 13.3. The average molecular weight is 319 g/mol. The summed E-state index contributed by atoms with van der Waals surface area (Å²) in [4.78, 5) is 40.3. The lowest BCUT2D eigenvalue weighted by Gasteiger charge is -2.17. The fraction of sp³-hybridized carbons (Fsp3) is 0.438. The van der Waals surface area contributed by atoms with E-state index in [-0.39, 0.29) is 16.6 Å². The second-order valence-corrected chi connectivity index (χ2v) is 5.33. The number of carbonyl (C=O) groups is 1. The monoisotopic (exact) mass is 319 g/mol. The highest BCUT2D eigenvalue weighted by atomic mass is 16.4. The number of benzene rings is 1. The van der Waals surface area contributed by atoms with Crippen LogP contribution in [0.15, 0.2) is 27.8 Å². The molecule has 7 nitrogen and oxygen atoms in total. The van der Waals surface area contributed by atoms with Gasteiger partial charge < -0.3 is 15.0 Å². The molecule has 2 rings (SSSR count). The van der Waals surface area contributed by atoms with Crippen LogP contribution in [0.5, 0.6) is 0 Å². The molecule has 23 heavy (non-hydrogen) atoms. The molecule has 0 spiro atoms. The number of rotatable bonds is 7. The van der Waals surface area contributed by atoms with Gasteiger partial charge in [0.1, 0.15) is 0 Å². The highest BCUT2D eigenvalue weighted by Gasteiger charge is 2.10. The Morgan fingerprint density at radius 2 is 1.96 bits per heavy atom. The summed E-state index contributed by atoms with van der Waals surface area (Å²) in [5.74, 6) is -1.10. The summed E-state index contributed by atoms with van der Waals surface area (Å²) in [5, 5.41) is 9.29. The predicted octanol–water partition coefficient (Wildman–Crippen LogP) is 1.12. The van der Waals surface area contributed by atoms with E-state index >= 15 is 0 Å². The van der Waals surface area contributed by atoms with Crippen LogP contribution in [0.25, 0.3) is 10.9 Å². The third kappa shape index (κ3) is 3.68. The maximum atomic E-state index is 12.4. The first-order chi connectivity index (χ1) is 11.0. The molecule has 7 heteroatoms. The minimum atomic E-state index is -1.10. The van der Waals surface area contributed by atoms with Crippen molar-refractivity contribution in [1.82, 2.24) is 14.5 Å². The van der Waals surface area contributed by atoms with E-state index in [1.807, 2.05) is 0 Å². The maximum absolute atomic E-state index is 12.4.